The molecule has 0 aromatic carbocycles. The molecule has 4 aliphatic heterocycles. The Morgan fingerprint density at radius 3 is 2.52 bits per heavy atom. The molecule has 2 bridgehead atoms. The zero-order valence-corrected chi connectivity index (χ0v) is 28.6. The van der Waals surface area contributed by atoms with E-state index in [-0.39, 0.29) is 35.7 Å². The molecule has 12 heteroatoms. The maximum absolute atomic E-state index is 13.6. The molecule has 1 amide bonds. The molecule has 256 valence electrons. The molecule has 0 unspecified atom stereocenters. The summed E-state index contributed by atoms with van der Waals surface area (Å²) < 4.78 is 42.8. The minimum Gasteiger partial charge on any atom is -0.457 e. The predicted molar refractivity (Wildman–Crippen MR) is 167 cm³/mol. The Bertz CT molecular complexity index is 1280. The van der Waals surface area contributed by atoms with E-state index in [9.17, 15) is 14.7 Å². The van der Waals surface area contributed by atoms with E-state index in [4.69, 9.17) is 44.8 Å². The Kier molecular flexibility index (Phi) is 10.5. The van der Waals surface area contributed by atoms with Gasteiger partial charge in [0.25, 0.3) is 0 Å². The number of alkyl halides is 1. The van der Waals surface area contributed by atoms with Crippen LogP contribution in [0.1, 0.15) is 60.8 Å². The van der Waals surface area contributed by atoms with Crippen molar-refractivity contribution in [3.63, 3.8) is 0 Å². The number of esters is 1. The highest BCUT2D eigenvalue weighted by molar-refractivity contribution is 6.22. The van der Waals surface area contributed by atoms with Gasteiger partial charge in [-0.3, -0.25) is 4.79 Å². The maximum atomic E-state index is 13.6. The van der Waals surface area contributed by atoms with E-state index in [0.717, 1.165) is 12.0 Å². The van der Waals surface area contributed by atoms with Crippen LogP contribution in [0.25, 0.3) is 0 Å². The van der Waals surface area contributed by atoms with Gasteiger partial charge in [-0.05, 0) is 46.3 Å². The van der Waals surface area contributed by atoms with Crippen molar-refractivity contribution >= 4 is 23.7 Å². The summed E-state index contributed by atoms with van der Waals surface area (Å²) in [7, 11) is 3.14. The molecule has 1 aliphatic carbocycles. The average molecular weight is 666 g/mol. The molecule has 0 radical (unpaired) electrons. The molecule has 4 fully saturated rings. The monoisotopic (exact) mass is 665 g/mol. The third-order valence-electron chi connectivity index (χ3n) is 10.3. The third kappa shape index (κ3) is 7.00. The standard InChI is InChI=1S/C34H48ClNO10/c1-17-13-23(12-10-9-11-22-15-24(22)35)43-30(37)20(4)34(39)16-26(19(3)27(45-34)18(2)25(14-17)40-7)44-31-29(41-8)33(6)28(21(5)42-31)36-32(38)46-33/h10,12,14,18-29,31,39H,13,15-16H2,1-8H3,(H,36,38)/b12-10+,17-14+/t18-,19-,20-,21+,22+,23+,24+,25-,26+,27+,28-,29-,31+,33-,34+/m1/s1. The van der Waals surface area contributed by atoms with Gasteiger partial charge in [-0.25, -0.2) is 4.79 Å². The van der Waals surface area contributed by atoms with Crippen LogP contribution in [0.3, 0.4) is 0 Å². The number of carbonyl (C=O) groups excluding carboxylic acids is 2. The summed E-state index contributed by atoms with van der Waals surface area (Å²) in [6.07, 6.45) is 1.77. The average Bonchev–Trinajstić information content (AvgIpc) is 3.60. The van der Waals surface area contributed by atoms with Crippen LogP contribution in [0, 0.1) is 35.5 Å². The van der Waals surface area contributed by atoms with Gasteiger partial charge in [0, 0.05) is 50.2 Å². The van der Waals surface area contributed by atoms with Gasteiger partial charge >= 0.3 is 12.1 Å². The van der Waals surface area contributed by atoms with Crippen molar-refractivity contribution in [3.05, 3.63) is 23.8 Å². The van der Waals surface area contributed by atoms with Gasteiger partial charge in [0.1, 0.15) is 24.2 Å². The van der Waals surface area contributed by atoms with Crippen molar-refractivity contribution in [2.45, 2.75) is 127 Å². The Morgan fingerprint density at radius 1 is 1.15 bits per heavy atom. The number of nitrogens with one attached hydrogen (secondary N) is 1. The van der Waals surface area contributed by atoms with E-state index in [0.29, 0.717) is 6.42 Å². The minimum absolute atomic E-state index is 0.0456. The summed E-state index contributed by atoms with van der Waals surface area (Å²) in [4.78, 5) is 25.9. The zero-order valence-electron chi connectivity index (χ0n) is 27.9. The number of rotatable bonds is 5. The van der Waals surface area contributed by atoms with Crippen molar-refractivity contribution in [2.75, 3.05) is 14.2 Å². The second-order valence-corrected chi connectivity index (χ2v) is 14.3. The van der Waals surface area contributed by atoms with Crippen molar-refractivity contribution < 1.29 is 47.9 Å². The fraction of sp³-hybridized carbons (Fsp3) is 0.765. The van der Waals surface area contributed by atoms with Crippen LogP contribution in [0.4, 0.5) is 4.79 Å². The number of halogens is 1. The highest BCUT2D eigenvalue weighted by atomic mass is 35.5. The van der Waals surface area contributed by atoms with E-state index in [1.54, 1.807) is 33.1 Å². The lowest BCUT2D eigenvalue weighted by Crippen LogP contribution is -2.67. The maximum Gasteiger partial charge on any atom is 0.408 e. The molecule has 2 N–H and O–H groups in total. The molecule has 5 aliphatic rings. The molecule has 1 saturated carbocycles. The first-order valence-corrected chi connectivity index (χ1v) is 16.6. The largest absolute Gasteiger partial charge is 0.457 e. The van der Waals surface area contributed by atoms with Crippen LogP contribution in [0.2, 0.25) is 0 Å². The van der Waals surface area contributed by atoms with Crippen LogP contribution in [0.15, 0.2) is 23.8 Å². The topological polar surface area (TPSA) is 131 Å². The van der Waals surface area contributed by atoms with E-state index >= 15 is 0 Å². The van der Waals surface area contributed by atoms with E-state index < -0.39 is 72.2 Å². The van der Waals surface area contributed by atoms with Crippen LogP contribution in [-0.2, 0) is 38.0 Å². The molecule has 0 spiro atoms. The molecule has 0 aromatic rings. The number of cyclic esters (lactones) is 1. The molecule has 11 nitrogen and oxygen atoms in total. The SMILES string of the molecule is CO[C@@H]1[C@H](O[C@H]2C[C@]3(O)O[C@H]([C@@H]2C)[C@H](C)[C@H](OC)/C=C(\C)C[C@H](/C=C/C#C[C@H]2C[C@@H]2Cl)OC(=O)[C@H]3C)O[C@@H](C)[C@H]2NC(=O)O[C@]21C. The number of hydrogen-bond donors (Lipinski definition) is 2. The molecular weight excluding hydrogens is 618 g/mol. The summed E-state index contributed by atoms with van der Waals surface area (Å²) in [5.41, 5.74) is -0.0904. The van der Waals surface area contributed by atoms with Gasteiger partial charge in [-0.15, -0.1) is 11.6 Å². The first-order chi connectivity index (χ1) is 21.7. The summed E-state index contributed by atoms with van der Waals surface area (Å²) in [6, 6.07) is -0.446. The summed E-state index contributed by atoms with van der Waals surface area (Å²) in [5, 5.41) is 15.0. The lowest BCUT2D eigenvalue weighted by Gasteiger charge is -2.52. The molecular formula is C34H48ClNO10. The Morgan fingerprint density at radius 2 is 1.87 bits per heavy atom. The fourth-order valence-corrected chi connectivity index (χ4v) is 7.50. The normalized spacial score (nSPS) is 48.7. The number of alkyl carbamates (subject to hydrolysis) is 1. The quantitative estimate of drug-likeness (QED) is 0.193. The first kappa shape index (κ1) is 35.1. The molecule has 0 aromatic heterocycles. The van der Waals surface area contributed by atoms with Gasteiger partial charge in [0.05, 0.1) is 24.4 Å². The van der Waals surface area contributed by atoms with E-state index in [1.807, 2.05) is 33.8 Å². The molecule has 5 rings (SSSR count). The number of hydrogen-bond acceptors (Lipinski definition) is 10. The number of ether oxygens (including phenoxy) is 7. The number of amides is 1. The predicted octanol–water partition coefficient (Wildman–Crippen LogP) is 3.85. The van der Waals surface area contributed by atoms with Gasteiger partial charge in [-0.1, -0.05) is 37.3 Å². The molecule has 4 heterocycles. The number of aliphatic hydroxyl groups is 1. The van der Waals surface area contributed by atoms with Crippen molar-refractivity contribution in [1.82, 2.24) is 5.32 Å². The molecule has 15 atom stereocenters. The van der Waals surface area contributed by atoms with E-state index in [1.165, 1.54) is 7.11 Å². The zero-order chi connectivity index (χ0) is 33.6. The highest BCUT2D eigenvalue weighted by Crippen LogP contribution is 2.45. The van der Waals surface area contributed by atoms with Crippen LogP contribution in [-0.4, -0.2) is 97.1 Å². The molecule has 46 heavy (non-hydrogen) atoms. The molecule has 3 saturated heterocycles. The second-order valence-electron chi connectivity index (χ2n) is 13.7. The number of carbonyl (C=O) groups is 2. The Labute approximate surface area is 276 Å². The third-order valence-corrected chi connectivity index (χ3v) is 10.8. The first-order valence-electron chi connectivity index (χ1n) is 16.2. The number of allylic oxidation sites excluding steroid dienone is 1. The van der Waals surface area contributed by atoms with Crippen molar-refractivity contribution in [2.24, 2.45) is 23.7 Å². The summed E-state index contributed by atoms with van der Waals surface area (Å²) in [5.74, 6) is 2.17. The van der Waals surface area contributed by atoms with Gasteiger partial charge in [-0.2, -0.15) is 0 Å². The van der Waals surface area contributed by atoms with Crippen LogP contribution in [0.5, 0.6) is 0 Å². The summed E-state index contributed by atoms with van der Waals surface area (Å²) >= 11 is 6.06. The Hall–Kier alpha value is -2.17. The fourth-order valence-electron chi connectivity index (χ4n) is 7.24. The lowest BCUT2D eigenvalue weighted by atomic mass is 9.77. The summed E-state index contributed by atoms with van der Waals surface area (Å²) in [6.45, 7) is 11.2. The van der Waals surface area contributed by atoms with E-state index in [2.05, 4.69) is 17.2 Å². The van der Waals surface area contributed by atoms with Crippen LogP contribution >= 0.6 is 11.6 Å². The number of methoxy groups -OCH3 is 2. The van der Waals surface area contributed by atoms with Crippen molar-refractivity contribution in [3.8, 4) is 11.8 Å². The number of fused-ring (bicyclic) bond motifs is 3. The second kappa shape index (κ2) is 13.7. The van der Waals surface area contributed by atoms with Gasteiger partial charge in [0.15, 0.2) is 17.7 Å². The lowest BCUT2D eigenvalue weighted by molar-refractivity contribution is -0.355. The van der Waals surface area contributed by atoms with Crippen molar-refractivity contribution in [1.29, 1.82) is 0 Å². The Balaban J connectivity index is 1.44. The van der Waals surface area contributed by atoms with Crippen LogP contribution < -0.4 is 5.32 Å². The van der Waals surface area contributed by atoms with Gasteiger partial charge < -0.3 is 43.6 Å². The smallest absolute Gasteiger partial charge is 0.408 e. The van der Waals surface area contributed by atoms with Gasteiger partial charge in [0.2, 0.25) is 0 Å². The minimum atomic E-state index is -1.94. The highest BCUT2D eigenvalue weighted by Gasteiger charge is 2.62.